The van der Waals surface area contributed by atoms with E-state index < -0.39 is 0 Å². The van der Waals surface area contributed by atoms with Crippen LogP contribution in [0, 0.1) is 6.92 Å². The summed E-state index contributed by atoms with van der Waals surface area (Å²) < 4.78 is 0. The first-order chi connectivity index (χ1) is 13.7. The van der Waals surface area contributed by atoms with Crippen LogP contribution in [0.1, 0.15) is 12.5 Å². The van der Waals surface area contributed by atoms with Crippen LogP contribution < -0.4 is 14.7 Å². The number of hydrogen-bond acceptors (Lipinski definition) is 5. The zero-order valence-corrected chi connectivity index (χ0v) is 16.6. The average Bonchev–Trinajstić information content (AvgIpc) is 2.75. The van der Waals surface area contributed by atoms with Crippen molar-refractivity contribution in [3.8, 4) is 0 Å². The number of piperazine rings is 1. The second-order valence-corrected chi connectivity index (χ2v) is 7.11. The number of benzene rings is 2. The molecule has 5 nitrogen and oxygen atoms in total. The fourth-order valence-corrected chi connectivity index (χ4v) is 3.71. The lowest BCUT2D eigenvalue weighted by atomic mass is 10.2. The first-order valence-electron chi connectivity index (χ1n) is 9.97. The normalized spacial score (nSPS) is 14.2. The first-order valence-corrected chi connectivity index (χ1v) is 9.97. The Morgan fingerprint density at radius 1 is 0.893 bits per heavy atom. The minimum absolute atomic E-state index is 0.757. The van der Waals surface area contributed by atoms with Crippen LogP contribution >= 0.6 is 0 Å². The lowest BCUT2D eigenvalue weighted by Crippen LogP contribution is -2.47. The monoisotopic (exact) mass is 373 g/mol. The second-order valence-electron chi connectivity index (χ2n) is 7.11. The number of rotatable bonds is 5. The molecule has 0 N–H and O–H groups in total. The Morgan fingerprint density at radius 2 is 1.64 bits per heavy atom. The molecular formula is C23H27N5. The van der Waals surface area contributed by atoms with E-state index in [1.165, 1.54) is 11.3 Å². The van der Waals surface area contributed by atoms with Crippen molar-refractivity contribution in [2.75, 3.05) is 47.4 Å². The molecule has 144 valence electrons. The number of nitrogens with zero attached hydrogens (tertiary/aromatic N) is 5. The molecule has 1 fully saturated rings. The third-order valence-corrected chi connectivity index (χ3v) is 5.22. The Labute approximate surface area is 167 Å². The molecule has 1 saturated heterocycles. The van der Waals surface area contributed by atoms with Crippen molar-refractivity contribution in [3.63, 3.8) is 0 Å². The van der Waals surface area contributed by atoms with Crippen LogP contribution in [-0.2, 0) is 0 Å². The summed E-state index contributed by atoms with van der Waals surface area (Å²) in [4.78, 5) is 16.4. The van der Waals surface area contributed by atoms with Crippen LogP contribution in [0.15, 0.2) is 66.9 Å². The Hall–Kier alpha value is -3.08. The van der Waals surface area contributed by atoms with E-state index in [0.29, 0.717) is 0 Å². The van der Waals surface area contributed by atoms with Gasteiger partial charge in [0.1, 0.15) is 5.82 Å². The predicted molar refractivity (Wildman–Crippen MR) is 117 cm³/mol. The van der Waals surface area contributed by atoms with Gasteiger partial charge in [0.05, 0.1) is 0 Å². The van der Waals surface area contributed by atoms with Crippen molar-refractivity contribution < 1.29 is 0 Å². The van der Waals surface area contributed by atoms with Crippen LogP contribution in [-0.4, -0.2) is 42.7 Å². The number of aryl methyl sites for hydroxylation is 1. The standard InChI is InChI=1S/C23H27N5/c1-3-28(20-9-5-4-6-10-20)23-24-13-12-22(25-23)27-16-14-26(15-17-27)21-11-7-8-19(2)18-21/h4-13,18H,3,14-17H2,1-2H3. The Bertz CT molecular complexity index is 904. The third-order valence-electron chi connectivity index (χ3n) is 5.22. The number of para-hydroxylation sites is 1. The lowest BCUT2D eigenvalue weighted by Gasteiger charge is -2.37. The van der Waals surface area contributed by atoms with Gasteiger partial charge >= 0.3 is 0 Å². The van der Waals surface area contributed by atoms with Gasteiger partial charge in [-0.1, -0.05) is 30.3 Å². The summed E-state index contributed by atoms with van der Waals surface area (Å²) in [6.07, 6.45) is 1.87. The Kier molecular flexibility index (Phi) is 5.42. The first kappa shape index (κ1) is 18.3. The van der Waals surface area contributed by atoms with Crippen LogP contribution in [0.4, 0.5) is 23.1 Å². The summed E-state index contributed by atoms with van der Waals surface area (Å²) >= 11 is 0. The second kappa shape index (κ2) is 8.30. The minimum atomic E-state index is 0.757. The SMILES string of the molecule is CCN(c1ccccc1)c1nccc(N2CCN(c3cccc(C)c3)CC2)n1. The van der Waals surface area contributed by atoms with E-state index in [1.807, 2.05) is 30.5 Å². The Morgan fingerprint density at radius 3 is 2.36 bits per heavy atom. The molecule has 2 aromatic carbocycles. The van der Waals surface area contributed by atoms with Crippen molar-refractivity contribution in [1.82, 2.24) is 9.97 Å². The van der Waals surface area contributed by atoms with Crippen molar-refractivity contribution in [2.45, 2.75) is 13.8 Å². The van der Waals surface area contributed by atoms with E-state index in [4.69, 9.17) is 4.98 Å². The molecule has 0 aliphatic carbocycles. The summed E-state index contributed by atoms with van der Waals surface area (Å²) in [5, 5.41) is 0. The smallest absolute Gasteiger partial charge is 0.231 e. The largest absolute Gasteiger partial charge is 0.368 e. The highest BCUT2D eigenvalue weighted by Crippen LogP contribution is 2.24. The maximum Gasteiger partial charge on any atom is 0.231 e. The summed E-state index contributed by atoms with van der Waals surface area (Å²) in [5.41, 5.74) is 3.73. The van der Waals surface area contributed by atoms with Gasteiger partial charge in [0.2, 0.25) is 5.95 Å². The summed E-state index contributed by atoms with van der Waals surface area (Å²) in [6, 6.07) is 21.1. The molecule has 0 spiro atoms. The quantitative estimate of drug-likeness (QED) is 0.667. The molecule has 4 rings (SSSR count). The molecule has 0 amide bonds. The highest BCUT2D eigenvalue weighted by molar-refractivity contribution is 5.58. The van der Waals surface area contributed by atoms with Gasteiger partial charge in [-0.2, -0.15) is 4.98 Å². The maximum atomic E-state index is 4.88. The molecule has 0 bridgehead atoms. The van der Waals surface area contributed by atoms with Crippen LogP contribution in [0.5, 0.6) is 0 Å². The van der Waals surface area contributed by atoms with Gasteiger partial charge in [-0.15, -0.1) is 0 Å². The fraction of sp³-hybridized carbons (Fsp3) is 0.304. The molecule has 1 aliphatic heterocycles. The van der Waals surface area contributed by atoms with E-state index in [0.717, 1.165) is 50.2 Å². The molecule has 0 unspecified atom stereocenters. The molecular weight excluding hydrogens is 346 g/mol. The van der Waals surface area contributed by atoms with E-state index in [1.54, 1.807) is 0 Å². The van der Waals surface area contributed by atoms with Crippen molar-refractivity contribution in [2.24, 2.45) is 0 Å². The predicted octanol–water partition coefficient (Wildman–Crippen LogP) is 4.27. The van der Waals surface area contributed by atoms with Gasteiger partial charge in [-0.25, -0.2) is 4.98 Å². The highest BCUT2D eigenvalue weighted by atomic mass is 15.3. The maximum absolute atomic E-state index is 4.88. The molecule has 5 heteroatoms. The molecule has 1 aliphatic rings. The summed E-state index contributed by atoms with van der Waals surface area (Å²) in [6.45, 7) is 9.02. The summed E-state index contributed by atoms with van der Waals surface area (Å²) in [5.74, 6) is 1.76. The zero-order valence-electron chi connectivity index (χ0n) is 16.6. The van der Waals surface area contributed by atoms with Crippen LogP contribution in [0.25, 0.3) is 0 Å². The van der Waals surface area contributed by atoms with Crippen molar-refractivity contribution in [3.05, 3.63) is 72.4 Å². The molecule has 28 heavy (non-hydrogen) atoms. The van der Waals surface area contributed by atoms with Gasteiger partial charge in [0, 0.05) is 50.3 Å². The molecule has 0 saturated carbocycles. The van der Waals surface area contributed by atoms with E-state index >= 15 is 0 Å². The molecule has 2 heterocycles. The number of hydrogen-bond donors (Lipinski definition) is 0. The van der Waals surface area contributed by atoms with E-state index in [9.17, 15) is 0 Å². The highest BCUT2D eigenvalue weighted by Gasteiger charge is 2.20. The van der Waals surface area contributed by atoms with E-state index in [2.05, 4.69) is 69.9 Å². The number of aromatic nitrogens is 2. The van der Waals surface area contributed by atoms with Gasteiger partial charge in [0.15, 0.2) is 0 Å². The average molecular weight is 374 g/mol. The van der Waals surface area contributed by atoms with Crippen LogP contribution in [0.2, 0.25) is 0 Å². The van der Waals surface area contributed by atoms with Gasteiger partial charge in [0.25, 0.3) is 0 Å². The summed E-state index contributed by atoms with van der Waals surface area (Å²) in [7, 11) is 0. The number of anilines is 4. The molecule has 0 atom stereocenters. The van der Waals surface area contributed by atoms with Gasteiger partial charge in [-0.05, 0) is 49.7 Å². The van der Waals surface area contributed by atoms with Crippen molar-refractivity contribution in [1.29, 1.82) is 0 Å². The minimum Gasteiger partial charge on any atom is -0.368 e. The fourth-order valence-electron chi connectivity index (χ4n) is 3.71. The third kappa shape index (κ3) is 3.93. The van der Waals surface area contributed by atoms with Gasteiger partial charge in [-0.3, -0.25) is 0 Å². The van der Waals surface area contributed by atoms with Gasteiger partial charge < -0.3 is 14.7 Å². The topological polar surface area (TPSA) is 35.5 Å². The van der Waals surface area contributed by atoms with Crippen molar-refractivity contribution >= 4 is 23.1 Å². The molecule has 0 radical (unpaired) electrons. The zero-order chi connectivity index (χ0) is 19.3. The molecule has 3 aromatic rings. The van der Waals surface area contributed by atoms with Crippen LogP contribution in [0.3, 0.4) is 0 Å². The lowest BCUT2D eigenvalue weighted by molar-refractivity contribution is 0.646. The molecule has 1 aromatic heterocycles. The Balaban J connectivity index is 1.48. The van der Waals surface area contributed by atoms with E-state index in [-0.39, 0.29) is 0 Å².